The molecular weight excluding hydrogens is 260 g/mol. The van der Waals surface area contributed by atoms with E-state index in [-0.39, 0.29) is 5.78 Å². The highest BCUT2D eigenvalue weighted by molar-refractivity contribution is 5.95. The van der Waals surface area contributed by atoms with E-state index in [2.05, 4.69) is 12.1 Å². The first-order valence-corrected chi connectivity index (χ1v) is 7.67. The van der Waals surface area contributed by atoms with Crippen molar-refractivity contribution in [3.05, 3.63) is 59.7 Å². The van der Waals surface area contributed by atoms with Gasteiger partial charge in [-0.15, -0.1) is 0 Å². The normalized spacial score (nSPS) is 14.5. The second kappa shape index (κ2) is 6.13. The molecule has 0 heterocycles. The van der Waals surface area contributed by atoms with E-state index in [4.69, 9.17) is 4.74 Å². The molecule has 2 heteroatoms. The van der Waals surface area contributed by atoms with Crippen LogP contribution in [0.15, 0.2) is 48.5 Å². The van der Waals surface area contributed by atoms with E-state index in [0.29, 0.717) is 6.42 Å². The minimum absolute atomic E-state index is 0.159. The molecule has 0 amide bonds. The summed E-state index contributed by atoms with van der Waals surface area (Å²) in [5, 5.41) is 0. The summed E-state index contributed by atoms with van der Waals surface area (Å²) in [6.07, 6.45) is 4.51. The fraction of sp³-hybridized carbons (Fsp3) is 0.316. The lowest BCUT2D eigenvalue weighted by Crippen LogP contribution is -2.08. The molecule has 0 radical (unpaired) electrons. The average Bonchev–Trinajstić information content (AvgIpc) is 2.47. The topological polar surface area (TPSA) is 26.3 Å². The van der Waals surface area contributed by atoms with E-state index < -0.39 is 0 Å². The Bertz CT molecular complexity index is 607. The van der Waals surface area contributed by atoms with Crippen molar-refractivity contribution in [2.45, 2.75) is 38.5 Å². The monoisotopic (exact) mass is 280 g/mol. The van der Waals surface area contributed by atoms with Gasteiger partial charge in [-0.25, -0.2) is 0 Å². The Morgan fingerprint density at radius 1 is 1.00 bits per heavy atom. The summed E-state index contributed by atoms with van der Waals surface area (Å²) in [5.41, 5.74) is 2.16. The van der Waals surface area contributed by atoms with Crippen LogP contribution in [0.5, 0.6) is 11.5 Å². The van der Waals surface area contributed by atoms with Crippen LogP contribution in [0.3, 0.4) is 0 Å². The molecule has 0 aliphatic heterocycles. The van der Waals surface area contributed by atoms with Crippen LogP contribution in [-0.2, 0) is 0 Å². The molecule has 0 bridgehead atoms. The third-order valence-corrected chi connectivity index (χ3v) is 4.19. The van der Waals surface area contributed by atoms with Gasteiger partial charge in [-0.1, -0.05) is 25.5 Å². The summed E-state index contributed by atoms with van der Waals surface area (Å²) in [6.45, 7) is 1.87. The largest absolute Gasteiger partial charge is 0.457 e. The fourth-order valence-electron chi connectivity index (χ4n) is 2.60. The molecule has 21 heavy (non-hydrogen) atoms. The summed E-state index contributed by atoms with van der Waals surface area (Å²) >= 11 is 0. The molecule has 0 atom stereocenters. The summed E-state index contributed by atoms with van der Waals surface area (Å²) < 4.78 is 5.82. The molecule has 0 N–H and O–H groups in total. The lowest BCUT2D eigenvalue weighted by atomic mass is 9.80. The molecule has 2 nitrogen and oxygen atoms in total. The van der Waals surface area contributed by atoms with Crippen molar-refractivity contribution < 1.29 is 9.53 Å². The van der Waals surface area contributed by atoms with Crippen molar-refractivity contribution in [2.75, 3.05) is 0 Å². The quantitative estimate of drug-likeness (QED) is 0.691. The SMILES string of the molecule is CCC(=O)c1ccc(Oc2ccc(C3CCC3)cc2)cc1. The maximum atomic E-state index is 11.6. The smallest absolute Gasteiger partial charge is 0.162 e. The lowest BCUT2D eigenvalue weighted by Gasteiger charge is -2.25. The third-order valence-electron chi connectivity index (χ3n) is 4.19. The Morgan fingerprint density at radius 2 is 1.57 bits per heavy atom. The second-order valence-electron chi connectivity index (χ2n) is 5.60. The van der Waals surface area contributed by atoms with Gasteiger partial charge in [0.1, 0.15) is 11.5 Å². The number of benzene rings is 2. The molecule has 0 saturated heterocycles. The van der Waals surface area contributed by atoms with Crippen molar-refractivity contribution in [1.82, 2.24) is 0 Å². The van der Waals surface area contributed by atoms with Crippen LogP contribution < -0.4 is 4.74 Å². The maximum Gasteiger partial charge on any atom is 0.162 e. The molecule has 0 unspecified atom stereocenters. The average molecular weight is 280 g/mol. The van der Waals surface area contributed by atoms with E-state index in [0.717, 1.165) is 23.0 Å². The highest BCUT2D eigenvalue weighted by Gasteiger charge is 2.19. The Hall–Kier alpha value is -2.09. The van der Waals surface area contributed by atoms with E-state index in [1.165, 1.54) is 24.8 Å². The first-order valence-electron chi connectivity index (χ1n) is 7.67. The minimum Gasteiger partial charge on any atom is -0.457 e. The summed E-state index contributed by atoms with van der Waals surface area (Å²) in [5.74, 6) is 2.51. The lowest BCUT2D eigenvalue weighted by molar-refractivity contribution is 0.0988. The Kier molecular flexibility index (Phi) is 4.05. The van der Waals surface area contributed by atoms with Crippen LogP contribution in [0.1, 0.15) is 54.4 Å². The van der Waals surface area contributed by atoms with Gasteiger partial charge in [-0.05, 0) is 60.7 Å². The molecule has 1 aliphatic carbocycles. The van der Waals surface area contributed by atoms with Crippen molar-refractivity contribution in [3.8, 4) is 11.5 Å². The van der Waals surface area contributed by atoms with Crippen molar-refractivity contribution in [1.29, 1.82) is 0 Å². The first kappa shape index (κ1) is 13.9. The zero-order valence-corrected chi connectivity index (χ0v) is 12.3. The molecule has 1 fully saturated rings. The van der Waals surface area contributed by atoms with Crippen molar-refractivity contribution >= 4 is 5.78 Å². The van der Waals surface area contributed by atoms with Crippen molar-refractivity contribution in [3.63, 3.8) is 0 Å². The third kappa shape index (κ3) is 3.15. The van der Waals surface area contributed by atoms with Crippen molar-refractivity contribution in [2.24, 2.45) is 0 Å². The highest BCUT2D eigenvalue weighted by atomic mass is 16.5. The molecule has 3 rings (SSSR count). The number of carbonyl (C=O) groups excluding carboxylic acids is 1. The number of hydrogen-bond acceptors (Lipinski definition) is 2. The molecular formula is C19H20O2. The number of ketones is 1. The molecule has 2 aromatic carbocycles. The zero-order chi connectivity index (χ0) is 14.7. The molecule has 0 spiro atoms. The summed E-state index contributed by atoms with van der Waals surface area (Å²) in [6, 6.07) is 15.7. The van der Waals surface area contributed by atoms with E-state index in [9.17, 15) is 4.79 Å². The predicted molar refractivity (Wildman–Crippen MR) is 84.2 cm³/mol. The molecule has 0 aromatic heterocycles. The highest BCUT2D eigenvalue weighted by Crippen LogP contribution is 2.37. The maximum absolute atomic E-state index is 11.6. The summed E-state index contributed by atoms with van der Waals surface area (Å²) in [4.78, 5) is 11.6. The first-order chi connectivity index (χ1) is 10.3. The molecule has 1 aliphatic rings. The van der Waals surface area contributed by atoms with Gasteiger partial charge in [0.25, 0.3) is 0 Å². The number of rotatable bonds is 5. The summed E-state index contributed by atoms with van der Waals surface area (Å²) in [7, 11) is 0. The van der Waals surface area contributed by atoms with Crippen LogP contribution in [-0.4, -0.2) is 5.78 Å². The zero-order valence-electron chi connectivity index (χ0n) is 12.3. The Morgan fingerprint density at radius 3 is 2.05 bits per heavy atom. The predicted octanol–water partition coefficient (Wildman–Crippen LogP) is 5.34. The second-order valence-corrected chi connectivity index (χ2v) is 5.60. The fourth-order valence-corrected chi connectivity index (χ4v) is 2.60. The van der Waals surface area contributed by atoms with Crippen LogP contribution >= 0.6 is 0 Å². The number of hydrogen-bond donors (Lipinski definition) is 0. The number of ether oxygens (including phenoxy) is 1. The van der Waals surface area contributed by atoms with Gasteiger partial charge >= 0.3 is 0 Å². The Labute approximate surface area is 125 Å². The van der Waals surface area contributed by atoms with E-state index in [1.807, 2.05) is 43.3 Å². The molecule has 2 aromatic rings. The Balaban J connectivity index is 1.66. The minimum atomic E-state index is 0.159. The number of carbonyl (C=O) groups is 1. The van der Waals surface area contributed by atoms with E-state index >= 15 is 0 Å². The van der Waals surface area contributed by atoms with Gasteiger partial charge in [-0.2, -0.15) is 0 Å². The molecule has 1 saturated carbocycles. The van der Waals surface area contributed by atoms with Gasteiger partial charge in [0.2, 0.25) is 0 Å². The van der Waals surface area contributed by atoms with Crippen LogP contribution in [0, 0.1) is 0 Å². The van der Waals surface area contributed by atoms with Gasteiger partial charge in [0.05, 0.1) is 0 Å². The van der Waals surface area contributed by atoms with Gasteiger partial charge in [-0.3, -0.25) is 4.79 Å². The number of Topliss-reactive ketones (excluding diaryl/α,β-unsaturated/α-hetero) is 1. The molecule has 108 valence electrons. The van der Waals surface area contributed by atoms with Gasteiger partial charge in [0, 0.05) is 12.0 Å². The van der Waals surface area contributed by atoms with Gasteiger partial charge in [0.15, 0.2) is 5.78 Å². The van der Waals surface area contributed by atoms with E-state index in [1.54, 1.807) is 0 Å². The standard InChI is InChI=1S/C19H20O2/c1-2-19(20)16-8-12-18(13-9-16)21-17-10-6-15(7-11-17)14-4-3-5-14/h6-14H,2-5H2,1H3. The van der Waals surface area contributed by atoms with Crippen LogP contribution in [0.4, 0.5) is 0 Å². The van der Waals surface area contributed by atoms with Gasteiger partial charge < -0.3 is 4.74 Å². The van der Waals surface area contributed by atoms with Crippen LogP contribution in [0.2, 0.25) is 0 Å². The van der Waals surface area contributed by atoms with Crippen LogP contribution in [0.25, 0.3) is 0 Å².